The maximum atomic E-state index is 12.2. The average molecular weight is 359 g/mol. The van der Waals surface area contributed by atoms with Gasteiger partial charge in [0.2, 0.25) is 0 Å². The second-order valence-electron chi connectivity index (χ2n) is 5.81. The second-order valence-corrected chi connectivity index (χ2v) is 6.63. The summed E-state index contributed by atoms with van der Waals surface area (Å²) >= 11 is 11.9. The average Bonchev–Trinajstić information content (AvgIpc) is 2.76. The van der Waals surface area contributed by atoms with Gasteiger partial charge in [0.15, 0.2) is 6.23 Å². The molecule has 2 unspecified atom stereocenters. The van der Waals surface area contributed by atoms with Gasteiger partial charge in [0.1, 0.15) is 5.76 Å². The molecule has 2 atom stereocenters. The van der Waals surface area contributed by atoms with Crippen molar-refractivity contribution < 1.29 is 15.0 Å². The van der Waals surface area contributed by atoms with E-state index >= 15 is 0 Å². The number of nitrogens with zero attached hydrogens (tertiary/aromatic N) is 1. The first-order chi connectivity index (χ1) is 10.8. The molecule has 1 aliphatic rings. The number of rotatable bonds is 5. The molecule has 0 saturated carbocycles. The maximum Gasteiger partial charge on any atom is 0.252 e. The lowest BCUT2D eigenvalue weighted by molar-refractivity contribution is -0.118. The fourth-order valence-electron chi connectivity index (χ4n) is 2.43. The van der Waals surface area contributed by atoms with E-state index in [1.807, 2.05) is 19.1 Å². The van der Waals surface area contributed by atoms with Crippen LogP contribution in [0.25, 0.3) is 0 Å². The molecule has 126 valence electrons. The SMILES string of the molecule is CC(CCc1ccc(Cl)c(Cl)c1)NC(=O)C1=C(O)C(O)N(C)C1. The molecule has 23 heavy (non-hydrogen) atoms. The quantitative estimate of drug-likeness (QED) is 0.755. The van der Waals surface area contributed by atoms with Gasteiger partial charge >= 0.3 is 0 Å². The van der Waals surface area contributed by atoms with Crippen LogP contribution in [-0.4, -0.2) is 46.9 Å². The number of aryl methyl sites for hydroxylation is 1. The number of carbonyl (C=O) groups excluding carboxylic acids is 1. The summed E-state index contributed by atoms with van der Waals surface area (Å²) in [5.41, 5.74) is 1.25. The van der Waals surface area contributed by atoms with Crippen molar-refractivity contribution in [1.29, 1.82) is 0 Å². The Bertz CT molecular complexity index is 634. The largest absolute Gasteiger partial charge is 0.508 e. The molecule has 1 aromatic rings. The van der Waals surface area contributed by atoms with Crippen LogP contribution < -0.4 is 5.32 Å². The molecule has 5 nitrogen and oxygen atoms in total. The highest BCUT2D eigenvalue weighted by atomic mass is 35.5. The third kappa shape index (κ3) is 4.38. The zero-order valence-electron chi connectivity index (χ0n) is 13.0. The smallest absolute Gasteiger partial charge is 0.252 e. The highest BCUT2D eigenvalue weighted by Crippen LogP contribution is 2.23. The van der Waals surface area contributed by atoms with Crippen LogP contribution in [-0.2, 0) is 11.2 Å². The van der Waals surface area contributed by atoms with E-state index in [1.54, 1.807) is 13.1 Å². The lowest BCUT2D eigenvalue weighted by atomic mass is 10.1. The number of hydrogen-bond donors (Lipinski definition) is 3. The van der Waals surface area contributed by atoms with Gasteiger partial charge in [-0.05, 0) is 44.5 Å². The van der Waals surface area contributed by atoms with E-state index in [4.69, 9.17) is 23.2 Å². The van der Waals surface area contributed by atoms with E-state index in [-0.39, 0.29) is 29.8 Å². The zero-order chi connectivity index (χ0) is 17.1. The van der Waals surface area contributed by atoms with Crippen LogP contribution in [0.15, 0.2) is 29.5 Å². The minimum atomic E-state index is -1.11. The normalized spacial score (nSPS) is 20.0. The van der Waals surface area contributed by atoms with Gasteiger partial charge in [-0.1, -0.05) is 29.3 Å². The van der Waals surface area contributed by atoms with Gasteiger partial charge in [-0.3, -0.25) is 9.69 Å². The Hall–Kier alpha value is -1.27. The lowest BCUT2D eigenvalue weighted by Gasteiger charge is -2.15. The van der Waals surface area contributed by atoms with Crippen LogP contribution in [0.1, 0.15) is 18.9 Å². The Kier molecular flexibility index (Phi) is 5.92. The third-order valence-electron chi connectivity index (χ3n) is 3.88. The third-order valence-corrected chi connectivity index (χ3v) is 4.62. The predicted molar refractivity (Wildman–Crippen MR) is 90.7 cm³/mol. The fourth-order valence-corrected chi connectivity index (χ4v) is 2.75. The molecule has 1 aliphatic heterocycles. The highest BCUT2D eigenvalue weighted by molar-refractivity contribution is 6.42. The van der Waals surface area contributed by atoms with E-state index in [0.717, 1.165) is 18.4 Å². The zero-order valence-corrected chi connectivity index (χ0v) is 14.5. The van der Waals surface area contributed by atoms with Crippen molar-refractivity contribution in [1.82, 2.24) is 10.2 Å². The minimum Gasteiger partial charge on any atom is -0.508 e. The monoisotopic (exact) mass is 358 g/mol. The Labute approximate surface area is 145 Å². The summed E-state index contributed by atoms with van der Waals surface area (Å²) in [4.78, 5) is 13.7. The van der Waals surface area contributed by atoms with Crippen molar-refractivity contribution >= 4 is 29.1 Å². The highest BCUT2D eigenvalue weighted by Gasteiger charge is 2.32. The molecule has 0 aromatic heterocycles. The maximum absolute atomic E-state index is 12.2. The lowest BCUT2D eigenvalue weighted by Crippen LogP contribution is -2.35. The van der Waals surface area contributed by atoms with Crippen LogP contribution in [0.4, 0.5) is 0 Å². The van der Waals surface area contributed by atoms with Crippen LogP contribution in [0, 0.1) is 0 Å². The fraction of sp³-hybridized carbons (Fsp3) is 0.438. The van der Waals surface area contributed by atoms with E-state index in [0.29, 0.717) is 10.0 Å². The van der Waals surface area contributed by atoms with Gasteiger partial charge in [-0.15, -0.1) is 0 Å². The second kappa shape index (κ2) is 7.53. The number of aliphatic hydroxyl groups is 2. The van der Waals surface area contributed by atoms with Crippen LogP contribution in [0.5, 0.6) is 0 Å². The van der Waals surface area contributed by atoms with Gasteiger partial charge in [0.25, 0.3) is 5.91 Å². The van der Waals surface area contributed by atoms with Gasteiger partial charge in [-0.2, -0.15) is 0 Å². The molecule has 1 amide bonds. The van der Waals surface area contributed by atoms with Gasteiger partial charge in [0, 0.05) is 12.6 Å². The number of carbonyl (C=O) groups is 1. The van der Waals surface area contributed by atoms with E-state index < -0.39 is 6.23 Å². The molecule has 0 saturated heterocycles. The van der Waals surface area contributed by atoms with Crippen molar-refractivity contribution in [3.05, 3.63) is 45.1 Å². The molecule has 0 bridgehead atoms. The Morgan fingerprint density at radius 2 is 2.13 bits per heavy atom. The van der Waals surface area contributed by atoms with Crippen LogP contribution >= 0.6 is 23.2 Å². The number of amides is 1. The van der Waals surface area contributed by atoms with Crippen LogP contribution in [0.3, 0.4) is 0 Å². The summed E-state index contributed by atoms with van der Waals surface area (Å²) in [5, 5.41) is 23.3. The van der Waals surface area contributed by atoms with Gasteiger partial charge < -0.3 is 15.5 Å². The van der Waals surface area contributed by atoms with Gasteiger partial charge in [0.05, 0.1) is 15.6 Å². The summed E-state index contributed by atoms with van der Waals surface area (Å²) in [7, 11) is 1.63. The predicted octanol–water partition coefficient (Wildman–Crippen LogP) is 2.51. The number of aliphatic hydroxyl groups excluding tert-OH is 2. The van der Waals surface area contributed by atoms with Crippen LogP contribution in [0.2, 0.25) is 10.0 Å². The molecular weight excluding hydrogens is 339 g/mol. The summed E-state index contributed by atoms with van der Waals surface area (Å²) in [6, 6.07) is 5.38. The number of hydrogen-bond acceptors (Lipinski definition) is 4. The van der Waals surface area contributed by atoms with Crippen molar-refractivity contribution in [3.63, 3.8) is 0 Å². The minimum absolute atomic E-state index is 0.0831. The van der Waals surface area contributed by atoms with Gasteiger partial charge in [-0.25, -0.2) is 0 Å². The Morgan fingerprint density at radius 3 is 2.70 bits per heavy atom. The Morgan fingerprint density at radius 1 is 1.43 bits per heavy atom. The van der Waals surface area contributed by atoms with E-state index in [2.05, 4.69) is 5.32 Å². The number of likely N-dealkylation sites (N-methyl/N-ethyl adjacent to an activating group) is 1. The molecule has 0 aliphatic carbocycles. The summed E-state index contributed by atoms with van der Waals surface area (Å²) < 4.78 is 0. The topological polar surface area (TPSA) is 72.8 Å². The molecule has 3 N–H and O–H groups in total. The first-order valence-electron chi connectivity index (χ1n) is 7.34. The molecule has 0 fully saturated rings. The standard InChI is InChI=1S/C16H20Cl2N2O3/c1-9(3-4-10-5-6-12(17)13(18)7-10)19-15(22)11-8-20(2)16(23)14(11)21/h5-7,9,16,21,23H,3-4,8H2,1-2H3,(H,19,22). The number of nitrogens with one attached hydrogen (secondary N) is 1. The molecule has 2 rings (SSSR count). The van der Waals surface area contributed by atoms with Crippen molar-refractivity contribution in [2.75, 3.05) is 13.6 Å². The summed E-state index contributed by atoms with van der Waals surface area (Å²) in [6.07, 6.45) is 0.351. The van der Waals surface area contributed by atoms with Crippen molar-refractivity contribution in [2.45, 2.75) is 32.0 Å². The first-order valence-corrected chi connectivity index (χ1v) is 8.10. The van der Waals surface area contributed by atoms with E-state index in [9.17, 15) is 15.0 Å². The van der Waals surface area contributed by atoms with Crippen molar-refractivity contribution in [3.8, 4) is 0 Å². The summed E-state index contributed by atoms with van der Waals surface area (Å²) in [6.45, 7) is 2.11. The molecular formula is C16H20Cl2N2O3. The molecule has 7 heteroatoms. The Balaban J connectivity index is 1.88. The summed E-state index contributed by atoms with van der Waals surface area (Å²) in [5.74, 6) is -0.630. The van der Waals surface area contributed by atoms with E-state index in [1.165, 1.54) is 4.90 Å². The number of benzene rings is 1. The number of halogens is 2. The first kappa shape index (κ1) is 18.1. The molecule has 0 radical (unpaired) electrons. The van der Waals surface area contributed by atoms with Crippen molar-refractivity contribution in [2.24, 2.45) is 0 Å². The molecule has 0 spiro atoms. The molecule has 1 aromatic carbocycles. The molecule has 1 heterocycles.